The van der Waals surface area contributed by atoms with Gasteiger partial charge in [0.15, 0.2) is 6.29 Å². The summed E-state index contributed by atoms with van der Waals surface area (Å²) >= 11 is 12.0. The zero-order valence-electron chi connectivity index (χ0n) is 16.0. The minimum absolute atomic E-state index is 0.0768. The molecule has 3 rings (SSSR count). The van der Waals surface area contributed by atoms with Gasteiger partial charge in [0, 0.05) is 6.54 Å². The molecule has 0 bridgehead atoms. The highest BCUT2D eigenvalue weighted by Crippen LogP contribution is 2.39. The van der Waals surface area contributed by atoms with E-state index in [9.17, 15) is 26.3 Å². The van der Waals surface area contributed by atoms with Crippen LogP contribution in [-0.4, -0.2) is 19.4 Å². The molecule has 0 saturated carbocycles. The SMILES string of the molecule is C[C@@H](O[C@H]1OCCN[C@H]1c1ccc(Cl)c(Cl)c1)c1cc(C(F)(F)F)cc(C(F)(F)F)c1. The predicted octanol–water partition coefficient (Wildman–Crippen LogP) is 6.80. The van der Waals surface area contributed by atoms with E-state index in [4.69, 9.17) is 32.7 Å². The molecular weight excluding hydrogens is 471 g/mol. The maximum absolute atomic E-state index is 13.1. The summed E-state index contributed by atoms with van der Waals surface area (Å²) in [6.45, 7) is 2.06. The minimum atomic E-state index is -4.94. The van der Waals surface area contributed by atoms with Crippen LogP contribution < -0.4 is 5.32 Å². The van der Waals surface area contributed by atoms with Gasteiger partial charge >= 0.3 is 12.4 Å². The molecule has 11 heteroatoms. The van der Waals surface area contributed by atoms with Crippen LogP contribution in [0.15, 0.2) is 36.4 Å². The molecule has 2 aromatic rings. The van der Waals surface area contributed by atoms with E-state index in [0.717, 1.165) is 0 Å². The van der Waals surface area contributed by atoms with Crippen molar-refractivity contribution >= 4 is 23.2 Å². The van der Waals surface area contributed by atoms with Crippen molar-refractivity contribution in [2.75, 3.05) is 13.2 Å². The number of ether oxygens (including phenoxy) is 2. The summed E-state index contributed by atoms with van der Waals surface area (Å²) in [7, 11) is 0. The second-order valence-electron chi connectivity index (χ2n) is 6.96. The maximum atomic E-state index is 13.1. The number of morpholine rings is 1. The molecule has 0 aliphatic carbocycles. The van der Waals surface area contributed by atoms with Crippen molar-refractivity contribution in [2.24, 2.45) is 0 Å². The average molecular weight is 488 g/mol. The van der Waals surface area contributed by atoms with E-state index in [1.54, 1.807) is 18.2 Å². The van der Waals surface area contributed by atoms with Crippen LogP contribution in [0.3, 0.4) is 0 Å². The Morgan fingerprint density at radius 3 is 2.13 bits per heavy atom. The molecule has 1 saturated heterocycles. The van der Waals surface area contributed by atoms with Gasteiger partial charge in [-0.2, -0.15) is 26.3 Å². The summed E-state index contributed by atoms with van der Waals surface area (Å²) in [5.74, 6) is 0. The molecule has 31 heavy (non-hydrogen) atoms. The van der Waals surface area contributed by atoms with Gasteiger partial charge in [0.2, 0.25) is 0 Å². The Balaban J connectivity index is 1.89. The van der Waals surface area contributed by atoms with E-state index in [-0.39, 0.29) is 23.3 Å². The molecule has 3 nitrogen and oxygen atoms in total. The minimum Gasteiger partial charge on any atom is -0.349 e. The fourth-order valence-electron chi connectivity index (χ4n) is 3.17. The lowest BCUT2D eigenvalue weighted by atomic mass is 10.0. The first kappa shape index (κ1) is 24.1. The van der Waals surface area contributed by atoms with E-state index in [2.05, 4.69) is 5.32 Å². The largest absolute Gasteiger partial charge is 0.416 e. The Morgan fingerprint density at radius 1 is 0.968 bits per heavy atom. The van der Waals surface area contributed by atoms with E-state index in [0.29, 0.717) is 29.3 Å². The summed E-state index contributed by atoms with van der Waals surface area (Å²) in [6.07, 6.45) is -12.0. The zero-order chi connectivity index (χ0) is 23.0. The predicted molar refractivity (Wildman–Crippen MR) is 103 cm³/mol. The molecule has 1 aliphatic rings. The lowest BCUT2D eigenvalue weighted by Gasteiger charge is -2.35. The quantitative estimate of drug-likeness (QED) is 0.481. The third-order valence-corrected chi connectivity index (χ3v) is 5.48. The van der Waals surface area contributed by atoms with Crippen molar-refractivity contribution in [2.45, 2.75) is 37.7 Å². The van der Waals surface area contributed by atoms with Gasteiger partial charge in [-0.25, -0.2) is 0 Å². The summed E-state index contributed by atoms with van der Waals surface area (Å²) in [5.41, 5.74) is -2.44. The molecule has 1 heterocycles. The number of halogens is 8. The van der Waals surface area contributed by atoms with Crippen molar-refractivity contribution in [3.63, 3.8) is 0 Å². The number of hydrogen-bond donors (Lipinski definition) is 1. The standard InChI is InChI=1S/C20H17Cl2F6NO2/c1-10(12-6-13(19(23,24)25)9-14(7-12)20(26,27)28)31-18-17(29-4-5-30-18)11-2-3-15(21)16(22)8-11/h2-3,6-10,17-18,29H,4-5H2,1H3/t10-,17+,18-/m1/s1. The van der Waals surface area contributed by atoms with Crippen LogP contribution in [0.4, 0.5) is 26.3 Å². The van der Waals surface area contributed by atoms with Crippen LogP contribution in [0, 0.1) is 0 Å². The highest BCUT2D eigenvalue weighted by atomic mass is 35.5. The number of nitrogens with one attached hydrogen (secondary N) is 1. The topological polar surface area (TPSA) is 30.5 Å². The lowest BCUT2D eigenvalue weighted by Crippen LogP contribution is -2.43. The Kier molecular flexibility index (Phi) is 7.12. The fraction of sp³-hybridized carbons (Fsp3) is 0.400. The summed E-state index contributed by atoms with van der Waals surface area (Å²) in [5, 5.41) is 3.76. The molecule has 1 aliphatic heterocycles. The second kappa shape index (κ2) is 9.15. The monoisotopic (exact) mass is 487 g/mol. The fourth-order valence-corrected chi connectivity index (χ4v) is 3.48. The highest BCUT2D eigenvalue weighted by molar-refractivity contribution is 6.42. The van der Waals surface area contributed by atoms with E-state index in [1.807, 2.05) is 0 Å². The molecule has 1 N–H and O–H groups in total. The molecule has 0 amide bonds. The zero-order valence-corrected chi connectivity index (χ0v) is 17.5. The first-order valence-electron chi connectivity index (χ1n) is 9.11. The number of hydrogen-bond acceptors (Lipinski definition) is 3. The molecule has 0 spiro atoms. The van der Waals surface area contributed by atoms with Crippen LogP contribution >= 0.6 is 23.2 Å². The third-order valence-electron chi connectivity index (χ3n) is 4.74. The van der Waals surface area contributed by atoms with Crippen LogP contribution in [0.5, 0.6) is 0 Å². The van der Waals surface area contributed by atoms with E-state index in [1.165, 1.54) is 6.92 Å². The smallest absolute Gasteiger partial charge is 0.349 e. The molecule has 0 radical (unpaired) electrons. The number of alkyl halides is 6. The first-order valence-corrected chi connectivity index (χ1v) is 9.86. The van der Waals surface area contributed by atoms with E-state index < -0.39 is 41.9 Å². The maximum Gasteiger partial charge on any atom is 0.416 e. The van der Waals surface area contributed by atoms with Gasteiger partial charge in [0.05, 0.1) is 39.9 Å². The molecule has 0 unspecified atom stereocenters. The lowest BCUT2D eigenvalue weighted by molar-refractivity contribution is -0.200. The van der Waals surface area contributed by atoms with Gasteiger partial charge in [-0.05, 0) is 48.4 Å². The van der Waals surface area contributed by atoms with Crippen molar-refractivity contribution in [1.82, 2.24) is 5.32 Å². The summed E-state index contributed by atoms with van der Waals surface area (Å²) in [4.78, 5) is 0. The van der Waals surface area contributed by atoms with Gasteiger partial charge < -0.3 is 14.8 Å². The third kappa shape index (κ3) is 5.84. The number of rotatable bonds is 4. The van der Waals surface area contributed by atoms with Crippen molar-refractivity contribution in [3.05, 3.63) is 68.7 Å². The van der Waals surface area contributed by atoms with Crippen LogP contribution in [-0.2, 0) is 21.8 Å². The van der Waals surface area contributed by atoms with Gasteiger partial charge in [0.1, 0.15) is 0 Å². The Morgan fingerprint density at radius 2 is 1.58 bits per heavy atom. The van der Waals surface area contributed by atoms with Gasteiger partial charge in [-0.3, -0.25) is 0 Å². The Labute approximate surface area is 184 Å². The van der Waals surface area contributed by atoms with Gasteiger partial charge in [-0.15, -0.1) is 0 Å². The van der Waals surface area contributed by atoms with Crippen molar-refractivity contribution < 1.29 is 35.8 Å². The van der Waals surface area contributed by atoms with E-state index >= 15 is 0 Å². The van der Waals surface area contributed by atoms with Gasteiger partial charge in [-0.1, -0.05) is 29.3 Å². The molecule has 2 aromatic carbocycles. The highest BCUT2D eigenvalue weighted by Gasteiger charge is 2.38. The Hall–Kier alpha value is -1.52. The molecule has 170 valence electrons. The average Bonchev–Trinajstić information content (AvgIpc) is 2.69. The van der Waals surface area contributed by atoms with Gasteiger partial charge in [0.25, 0.3) is 0 Å². The molecule has 3 atom stereocenters. The summed E-state index contributed by atoms with van der Waals surface area (Å²) in [6, 6.07) is 5.64. The normalized spacial score (nSPS) is 21.2. The summed E-state index contributed by atoms with van der Waals surface area (Å²) < 4.78 is 90.2. The van der Waals surface area contributed by atoms with Crippen LogP contribution in [0.2, 0.25) is 10.0 Å². The van der Waals surface area contributed by atoms with Crippen molar-refractivity contribution in [1.29, 1.82) is 0 Å². The number of benzene rings is 2. The first-order chi connectivity index (χ1) is 14.4. The molecule has 0 aromatic heterocycles. The Bertz CT molecular complexity index is 903. The molecule has 1 fully saturated rings. The second-order valence-corrected chi connectivity index (χ2v) is 7.78. The molecular formula is C20H17Cl2F6NO2. The van der Waals surface area contributed by atoms with Crippen LogP contribution in [0.1, 0.15) is 41.3 Å². The van der Waals surface area contributed by atoms with Crippen molar-refractivity contribution in [3.8, 4) is 0 Å². The van der Waals surface area contributed by atoms with Crippen LogP contribution in [0.25, 0.3) is 0 Å².